The Balaban J connectivity index is 1.71. The maximum absolute atomic E-state index is 12.6. The molecule has 0 fully saturated rings. The van der Waals surface area contributed by atoms with Gasteiger partial charge < -0.3 is 19.1 Å². The number of benzene rings is 1. The SMILES string of the molecule is N#CCCN(C(=O)COC(=O)c1cccnc1)c1ccc2c(c1)OCCO2. The number of nitrogens with zero attached hydrogens (tertiary/aromatic N) is 3. The molecule has 0 N–H and O–H groups in total. The van der Waals surface area contributed by atoms with E-state index in [4.69, 9.17) is 19.5 Å². The van der Waals surface area contributed by atoms with Crippen LogP contribution in [-0.2, 0) is 9.53 Å². The molecule has 27 heavy (non-hydrogen) atoms. The molecule has 1 aliphatic heterocycles. The molecular weight excluding hydrogens is 350 g/mol. The van der Waals surface area contributed by atoms with Gasteiger partial charge in [-0.2, -0.15) is 5.26 Å². The Morgan fingerprint density at radius 3 is 2.78 bits per heavy atom. The number of rotatable bonds is 6. The number of amides is 1. The third kappa shape index (κ3) is 4.52. The highest BCUT2D eigenvalue weighted by atomic mass is 16.6. The van der Waals surface area contributed by atoms with Crippen molar-refractivity contribution in [2.24, 2.45) is 0 Å². The Kier molecular flexibility index (Phi) is 5.84. The Hall–Kier alpha value is -3.60. The molecule has 1 aromatic carbocycles. The van der Waals surface area contributed by atoms with E-state index in [1.54, 1.807) is 30.3 Å². The number of fused-ring (bicyclic) bond motifs is 1. The van der Waals surface area contributed by atoms with E-state index in [1.165, 1.54) is 17.3 Å². The van der Waals surface area contributed by atoms with Crippen molar-refractivity contribution in [1.29, 1.82) is 5.26 Å². The predicted molar refractivity (Wildman–Crippen MR) is 94.5 cm³/mol. The van der Waals surface area contributed by atoms with Gasteiger partial charge in [0.25, 0.3) is 5.91 Å². The van der Waals surface area contributed by atoms with Crippen LogP contribution in [0.25, 0.3) is 0 Å². The van der Waals surface area contributed by atoms with E-state index >= 15 is 0 Å². The summed E-state index contributed by atoms with van der Waals surface area (Å²) in [6.45, 7) is 0.603. The second kappa shape index (κ2) is 8.67. The van der Waals surface area contributed by atoms with Gasteiger partial charge in [0.05, 0.1) is 18.1 Å². The summed E-state index contributed by atoms with van der Waals surface area (Å²) in [4.78, 5) is 29.8. The van der Waals surface area contributed by atoms with Crippen molar-refractivity contribution in [2.75, 3.05) is 31.3 Å². The second-order valence-electron chi connectivity index (χ2n) is 5.60. The van der Waals surface area contributed by atoms with Gasteiger partial charge in [-0.05, 0) is 24.3 Å². The molecule has 0 aliphatic carbocycles. The van der Waals surface area contributed by atoms with Crippen LogP contribution in [0.2, 0.25) is 0 Å². The molecule has 8 heteroatoms. The van der Waals surface area contributed by atoms with E-state index in [-0.39, 0.29) is 18.5 Å². The van der Waals surface area contributed by atoms with Crippen LogP contribution in [0.5, 0.6) is 11.5 Å². The zero-order valence-corrected chi connectivity index (χ0v) is 14.5. The zero-order valence-electron chi connectivity index (χ0n) is 14.5. The van der Waals surface area contributed by atoms with Crippen LogP contribution in [0.4, 0.5) is 5.69 Å². The lowest BCUT2D eigenvalue weighted by Crippen LogP contribution is -2.35. The first-order valence-corrected chi connectivity index (χ1v) is 8.33. The molecule has 2 heterocycles. The number of esters is 1. The van der Waals surface area contributed by atoms with E-state index in [2.05, 4.69) is 4.98 Å². The van der Waals surface area contributed by atoms with Gasteiger partial charge in [0.1, 0.15) is 13.2 Å². The van der Waals surface area contributed by atoms with Crippen LogP contribution >= 0.6 is 0 Å². The number of nitriles is 1. The summed E-state index contributed by atoms with van der Waals surface area (Å²) in [5.74, 6) is 0.0413. The van der Waals surface area contributed by atoms with Crippen LogP contribution in [0, 0.1) is 11.3 Å². The monoisotopic (exact) mass is 367 g/mol. The lowest BCUT2D eigenvalue weighted by molar-refractivity contribution is -0.121. The Labute approximate surface area is 155 Å². The van der Waals surface area contributed by atoms with Crippen LogP contribution < -0.4 is 14.4 Å². The molecule has 1 amide bonds. The molecule has 3 rings (SSSR count). The number of pyridine rings is 1. The molecule has 0 spiro atoms. The highest BCUT2D eigenvalue weighted by molar-refractivity contribution is 5.97. The lowest BCUT2D eigenvalue weighted by atomic mass is 10.2. The number of carbonyl (C=O) groups excluding carboxylic acids is 2. The minimum absolute atomic E-state index is 0.136. The van der Waals surface area contributed by atoms with Gasteiger partial charge in [-0.25, -0.2) is 4.79 Å². The van der Waals surface area contributed by atoms with Crippen molar-refractivity contribution in [2.45, 2.75) is 6.42 Å². The summed E-state index contributed by atoms with van der Waals surface area (Å²) in [5, 5.41) is 8.88. The van der Waals surface area contributed by atoms with Crippen molar-refractivity contribution in [3.63, 3.8) is 0 Å². The van der Waals surface area contributed by atoms with E-state index in [9.17, 15) is 9.59 Å². The first-order chi connectivity index (χ1) is 13.2. The number of aromatic nitrogens is 1. The van der Waals surface area contributed by atoms with Crippen molar-refractivity contribution in [3.05, 3.63) is 48.3 Å². The second-order valence-corrected chi connectivity index (χ2v) is 5.60. The number of ether oxygens (including phenoxy) is 3. The van der Waals surface area contributed by atoms with Gasteiger partial charge in [0.2, 0.25) is 0 Å². The minimum atomic E-state index is -0.640. The predicted octanol–water partition coefficient (Wildman–Crippen LogP) is 1.96. The van der Waals surface area contributed by atoms with Crippen molar-refractivity contribution >= 4 is 17.6 Å². The molecule has 0 saturated heterocycles. The van der Waals surface area contributed by atoms with Gasteiger partial charge in [-0.3, -0.25) is 9.78 Å². The molecule has 0 radical (unpaired) electrons. The summed E-state index contributed by atoms with van der Waals surface area (Å²) >= 11 is 0. The standard InChI is InChI=1S/C19H17N3O5/c20-6-2-8-22(15-4-5-16-17(11-15)26-10-9-25-16)18(23)13-27-19(24)14-3-1-7-21-12-14/h1,3-5,7,11-12H,2,8-10,13H2. The fourth-order valence-electron chi connectivity index (χ4n) is 2.53. The average molecular weight is 367 g/mol. The van der Waals surface area contributed by atoms with E-state index in [1.807, 2.05) is 6.07 Å². The van der Waals surface area contributed by atoms with Gasteiger partial charge in [0.15, 0.2) is 18.1 Å². The molecule has 0 saturated carbocycles. The molecular formula is C19H17N3O5. The molecule has 0 atom stereocenters. The maximum Gasteiger partial charge on any atom is 0.340 e. The van der Waals surface area contributed by atoms with Crippen molar-refractivity contribution < 1.29 is 23.8 Å². The summed E-state index contributed by atoms with van der Waals surface area (Å²) < 4.78 is 16.1. The molecule has 0 bridgehead atoms. The van der Waals surface area contributed by atoms with E-state index in [0.29, 0.717) is 30.4 Å². The van der Waals surface area contributed by atoms with Gasteiger partial charge in [-0.15, -0.1) is 0 Å². The average Bonchev–Trinajstić information content (AvgIpc) is 2.72. The van der Waals surface area contributed by atoms with Crippen LogP contribution in [0.3, 0.4) is 0 Å². The third-order valence-electron chi connectivity index (χ3n) is 3.81. The number of anilines is 1. The van der Waals surface area contributed by atoms with Gasteiger partial charge >= 0.3 is 5.97 Å². The van der Waals surface area contributed by atoms with Crippen LogP contribution in [0.15, 0.2) is 42.7 Å². The normalized spacial score (nSPS) is 12.0. The number of carbonyl (C=O) groups is 2. The van der Waals surface area contributed by atoms with E-state index < -0.39 is 18.5 Å². The topological polar surface area (TPSA) is 102 Å². The Bertz CT molecular complexity index is 863. The molecule has 1 aromatic heterocycles. The summed E-state index contributed by atoms with van der Waals surface area (Å²) in [6, 6.07) is 10.2. The van der Waals surface area contributed by atoms with E-state index in [0.717, 1.165) is 0 Å². The number of hydrogen-bond acceptors (Lipinski definition) is 7. The van der Waals surface area contributed by atoms with Gasteiger partial charge in [-0.1, -0.05) is 0 Å². The van der Waals surface area contributed by atoms with Crippen LogP contribution in [0.1, 0.15) is 16.8 Å². The first-order valence-electron chi connectivity index (χ1n) is 8.33. The van der Waals surface area contributed by atoms with Gasteiger partial charge in [0, 0.05) is 30.7 Å². The third-order valence-corrected chi connectivity index (χ3v) is 3.81. The number of hydrogen-bond donors (Lipinski definition) is 0. The quantitative estimate of drug-likeness (QED) is 0.719. The maximum atomic E-state index is 12.6. The highest BCUT2D eigenvalue weighted by Crippen LogP contribution is 2.34. The molecule has 8 nitrogen and oxygen atoms in total. The van der Waals surface area contributed by atoms with Crippen molar-refractivity contribution in [1.82, 2.24) is 4.98 Å². The summed E-state index contributed by atoms with van der Waals surface area (Å²) in [5.41, 5.74) is 0.796. The lowest BCUT2D eigenvalue weighted by Gasteiger charge is -2.24. The fraction of sp³-hybridized carbons (Fsp3) is 0.263. The molecule has 138 valence electrons. The minimum Gasteiger partial charge on any atom is -0.486 e. The first kappa shape index (κ1) is 18.2. The Morgan fingerprint density at radius 1 is 1.22 bits per heavy atom. The molecule has 0 unspecified atom stereocenters. The molecule has 1 aliphatic rings. The largest absolute Gasteiger partial charge is 0.486 e. The van der Waals surface area contributed by atoms with Crippen LogP contribution in [-0.4, -0.2) is 43.2 Å². The summed E-state index contributed by atoms with van der Waals surface area (Å²) in [6.07, 6.45) is 3.03. The fourth-order valence-corrected chi connectivity index (χ4v) is 2.53. The zero-order chi connectivity index (χ0) is 19.1. The Morgan fingerprint density at radius 2 is 2.04 bits per heavy atom. The highest BCUT2D eigenvalue weighted by Gasteiger charge is 2.21. The van der Waals surface area contributed by atoms with Crippen molar-refractivity contribution in [3.8, 4) is 17.6 Å². The smallest absolute Gasteiger partial charge is 0.340 e. The molecule has 2 aromatic rings. The summed E-state index contributed by atoms with van der Waals surface area (Å²) in [7, 11) is 0.